The third kappa shape index (κ3) is 3.77. The van der Waals surface area contributed by atoms with Gasteiger partial charge in [0.1, 0.15) is 0 Å². The maximum Gasteiger partial charge on any atom is 0.416 e. The van der Waals surface area contributed by atoms with Gasteiger partial charge in [-0.2, -0.15) is 13.2 Å². The number of anilines is 1. The zero-order valence-corrected chi connectivity index (χ0v) is 10.4. The van der Waals surface area contributed by atoms with Crippen LogP contribution >= 0.6 is 0 Å². The number of hydrogen-bond donors (Lipinski definition) is 3. The normalized spacial score (nSPS) is 12.1. The molecule has 1 amide bonds. The first-order valence-electron chi connectivity index (χ1n) is 5.42. The Labute approximate surface area is 112 Å². The maximum absolute atomic E-state index is 12.6. The number of oxime groups is 1. The predicted molar refractivity (Wildman–Crippen MR) is 64.6 cm³/mol. The van der Waals surface area contributed by atoms with E-state index in [4.69, 9.17) is 10.9 Å². The highest BCUT2D eigenvalue weighted by Gasteiger charge is 2.31. The number of amidine groups is 1. The Morgan fingerprint density at radius 3 is 2.65 bits per heavy atom. The molecule has 0 aromatic heterocycles. The minimum atomic E-state index is -4.59. The number of amides is 1. The van der Waals surface area contributed by atoms with Crippen LogP contribution in [0.2, 0.25) is 0 Å². The van der Waals surface area contributed by atoms with Crippen molar-refractivity contribution in [3.63, 3.8) is 0 Å². The van der Waals surface area contributed by atoms with Crippen molar-refractivity contribution >= 4 is 17.6 Å². The zero-order chi connectivity index (χ0) is 15.3. The van der Waals surface area contributed by atoms with Crippen molar-refractivity contribution in [2.75, 3.05) is 11.9 Å². The van der Waals surface area contributed by atoms with Crippen molar-refractivity contribution in [1.29, 1.82) is 0 Å². The summed E-state index contributed by atoms with van der Waals surface area (Å²) in [7, 11) is 0. The van der Waals surface area contributed by atoms with Crippen LogP contribution in [-0.2, 0) is 10.9 Å². The minimum absolute atomic E-state index is 0.0632. The number of hydrogen-bond acceptors (Lipinski definition) is 4. The van der Waals surface area contributed by atoms with Gasteiger partial charge >= 0.3 is 12.3 Å². The summed E-state index contributed by atoms with van der Waals surface area (Å²) in [6.45, 7) is 1.65. The number of nitrogens with zero attached hydrogens (tertiary/aromatic N) is 1. The number of carbonyl (C=O) groups excluding carboxylic acids is 1. The molecule has 20 heavy (non-hydrogen) atoms. The molecule has 1 aromatic rings. The van der Waals surface area contributed by atoms with Crippen molar-refractivity contribution in [3.05, 3.63) is 29.3 Å². The number of rotatable bonds is 3. The molecule has 0 atom stereocenters. The van der Waals surface area contributed by atoms with Crippen LogP contribution in [0.3, 0.4) is 0 Å². The van der Waals surface area contributed by atoms with Crippen LogP contribution in [0.5, 0.6) is 0 Å². The third-order valence-electron chi connectivity index (χ3n) is 2.24. The summed E-state index contributed by atoms with van der Waals surface area (Å²) in [6.07, 6.45) is -5.45. The smallest absolute Gasteiger partial charge is 0.416 e. The number of nitrogens with two attached hydrogens (primary N) is 1. The van der Waals surface area contributed by atoms with Crippen molar-refractivity contribution in [1.82, 2.24) is 0 Å². The fourth-order valence-electron chi connectivity index (χ4n) is 1.37. The van der Waals surface area contributed by atoms with Gasteiger partial charge in [-0.1, -0.05) is 5.16 Å². The lowest BCUT2D eigenvalue weighted by Crippen LogP contribution is -2.21. The van der Waals surface area contributed by atoms with Crippen LogP contribution in [0.1, 0.15) is 18.1 Å². The molecule has 0 saturated carbocycles. The average Bonchev–Trinajstić information content (AvgIpc) is 2.37. The lowest BCUT2D eigenvalue weighted by atomic mass is 10.1. The highest BCUT2D eigenvalue weighted by Crippen LogP contribution is 2.31. The standard InChI is InChI=1S/C11H12F3N3O3/c1-2-20-10(18)16-8-4-3-6(11(12,13)14)5-7(8)9(15)17-19/h3-5,19H,2H2,1H3,(H2,15,17)(H,16,18). The second kappa shape index (κ2) is 6.13. The van der Waals surface area contributed by atoms with Crippen molar-refractivity contribution in [2.24, 2.45) is 10.9 Å². The van der Waals surface area contributed by atoms with Gasteiger partial charge in [-0.05, 0) is 25.1 Å². The van der Waals surface area contributed by atoms with Gasteiger partial charge in [0.15, 0.2) is 5.84 Å². The molecule has 0 aliphatic heterocycles. The molecule has 0 aliphatic rings. The number of benzene rings is 1. The molecule has 4 N–H and O–H groups in total. The second-order valence-electron chi connectivity index (χ2n) is 3.59. The van der Waals surface area contributed by atoms with E-state index >= 15 is 0 Å². The van der Waals surface area contributed by atoms with Gasteiger partial charge in [0.2, 0.25) is 0 Å². The molecule has 6 nitrogen and oxygen atoms in total. The van der Waals surface area contributed by atoms with Crippen LogP contribution in [0, 0.1) is 0 Å². The maximum atomic E-state index is 12.6. The van der Waals surface area contributed by atoms with E-state index in [2.05, 4.69) is 15.2 Å². The van der Waals surface area contributed by atoms with Crippen molar-refractivity contribution in [3.8, 4) is 0 Å². The van der Waals surface area contributed by atoms with E-state index in [0.29, 0.717) is 6.07 Å². The minimum Gasteiger partial charge on any atom is -0.450 e. The number of halogens is 3. The molecular weight excluding hydrogens is 279 g/mol. The molecule has 0 unspecified atom stereocenters. The average molecular weight is 291 g/mol. The van der Waals surface area contributed by atoms with Crippen LogP contribution in [0.4, 0.5) is 23.7 Å². The summed E-state index contributed by atoms with van der Waals surface area (Å²) >= 11 is 0. The summed E-state index contributed by atoms with van der Waals surface area (Å²) < 4.78 is 42.4. The quantitative estimate of drug-likeness (QED) is 0.345. The van der Waals surface area contributed by atoms with Crippen molar-refractivity contribution < 1.29 is 27.9 Å². The lowest BCUT2D eigenvalue weighted by Gasteiger charge is -2.13. The second-order valence-corrected chi connectivity index (χ2v) is 3.59. The summed E-state index contributed by atoms with van der Waals surface area (Å²) in [6, 6.07) is 2.42. The number of alkyl halides is 3. The summed E-state index contributed by atoms with van der Waals surface area (Å²) in [5.41, 5.74) is 3.97. The molecule has 9 heteroatoms. The van der Waals surface area contributed by atoms with E-state index in [9.17, 15) is 18.0 Å². The Hall–Kier alpha value is -2.45. The lowest BCUT2D eigenvalue weighted by molar-refractivity contribution is -0.137. The monoisotopic (exact) mass is 291 g/mol. The first-order chi connectivity index (χ1) is 9.29. The topological polar surface area (TPSA) is 96.9 Å². The summed E-state index contributed by atoms with van der Waals surface area (Å²) in [5, 5.41) is 13.4. The van der Waals surface area contributed by atoms with Gasteiger partial charge in [-0.25, -0.2) is 4.79 Å². The number of nitrogens with one attached hydrogen (secondary N) is 1. The molecule has 0 fully saturated rings. The van der Waals surface area contributed by atoms with Crippen LogP contribution in [-0.4, -0.2) is 23.7 Å². The molecule has 110 valence electrons. The van der Waals surface area contributed by atoms with Crippen LogP contribution in [0.15, 0.2) is 23.4 Å². The molecular formula is C11H12F3N3O3. The van der Waals surface area contributed by atoms with Gasteiger partial charge in [-0.15, -0.1) is 0 Å². The fourth-order valence-corrected chi connectivity index (χ4v) is 1.37. The van der Waals surface area contributed by atoms with E-state index in [1.807, 2.05) is 0 Å². The third-order valence-corrected chi connectivity index (χ3v) is 2.24. The zero-order valence-electron chi connectivity index (χ0n) is 10.4. The van der Waals surface area contributed by atoms with Gasteiger partial charge < -0.3 is 15.7 Å². The van der Waals surface area contributed by atoms with Crippen molar-refractivity contribution in [2.45, 2.75) is 13.1 Å². The largest absolute Gasteiger partial charge is 0.450 e. The Bertz CT molecular complexity index is 529. The Morgan fingerprint density at radius 1 is 1.50 bits per heavy atom. The molecule has 1 rings (SSSR count). The molecule has 0 radical (unpaired) electrons. The SMILES string of the molecule is CCOC(=O)Nc1ccc(C(F)(F)F)cc1/C(N)=N/O. The predicted octanol–water partition coefficient (Wildman–Crippen LogP) is 2.37. The molecule has 0 bridgehead atoms. The highest BCUT2D eigenvalue weighted by atomic mass is 19.4. The summed E-state index contributed by atoms with van der Waals surface area (Å²) in [4.78, 5) is 11.3. The van der Waals surface area contributed by atoms with E-state index in [-0.39, 0.29) is 17.9 Å². The molecule has 0 saturated heterocycles. The van der Waals surface area contributed by atoms with Gasteiger partial charge in [0.05, 0.1) is 17.9 Å². The van der Waals surface area contributed by atoms with Gasteiger partial charge in [0.25, 0.3) is 0 Å². The highest BCUT2D eigenvalue weighted by molar-refractivity contribution is 6.04. The number of carbonyl (C=O) groups is 1. The number of ether oxygens (including phenoxy) is 1. The van der Waals surface area contributed by atoms with Gasteiger partial charge in [-0.3, -0.25) is 5.32 Å². The van der Waals surface area contributed by atoms with Crippen LogP contribution in [0.25, 0.3) is 0 Å². The molecule has 0 aliphatic carbocycles. The van der Waals surface area contributed by atoms with E-state index < -0.39 is 23.7 Å². The summed E-state index contributed by atoms with van der Waals surface area (Å²) in [5.74, 6) is -0.567. The van der Waals surface area contributed by atoms with E-state index in [1.54, 1.807) is 6.92 Å². The Morgan fingerprint density at radius 2 is 2.15 bits per heavy atom. The molecule has 1 aromatic carbocycles. The molecule has 0 heterocycles. The first-order valence-corrected chi connectivity index (χ1v) is 5.42. The first kappa shape index (κ1) is 15.6. The Balaban J connectivity index is 3.21. The van der Waals surface area contributed by atoms with Gasteiger partial charge in [0, 0.05) is 5.56 Å². The fraction of sp³-hybridized carbons (Fsp3) is 0.273. The van der Waals surface area contributed by atoms with E-state index in [1.165, 1.54) is 0 Å². The van der Waals surface area contributed by atoms with E-state index in [0.717, 1.165) is 12.1 Å². The molecule has 0 spiro atoms. The van der Waals surface area contributed by atoms with Crippen LogP contribution < -0.4 is 11.1 Å². The Kier molecular flexibility index (Phi) is 4.78.